The second kappa shape index (κ2) is 8.47. The van der Waals surface area contributed by atoms with Gasteiger partial charge in [0.05, 0.1) is 11.2 Å². The number of thioether (sulfide) groups is 1. The topological polar surface area (TPSA) is 74.2 Å². The molecule has 1 unspecified atom stereocenters. The molecule has 1 saturated heterocycles. The van der Waals surface area contributed by atoms with E-state index in [1.54, 1.807) is 30.1 Å². The lowest BCUT2D eigenvalue weighted by Gasteiger charge is -2.21. The lowest BCUT2D eigenvalue weighted by atomic mass is 10.0. The van der Waals surface area contributed by atoms with Crippen molar-refractivity contribution in [3.63, 3.8) is 0 Å². The van der Waals surface area contributed by atoms with Crippen molar-refractivity contribution < 1.29 is 9.90 Å². The number of amides is 1. The zero-order valence-electron chi connectivity index (χ0n) is 14.1. The number of carbonyl (C=O) groups excluding carboxylic acids is 1. The number of hydrogen-bond acceptors (Lipinski definition) is 5. The molecule has 0 spiro atoms. The Labute approximate surface area is 152 Å². The van der Waals surface area contributed by atoms with Gasteiger partial charge in [-0.25, -0.2) is 4.98 Å². The van der Waals surface area contributed by atoms with E-state index in [0.29, 0.717) is 18.5 Å². The molecule has 3 N–H and O–H groups in total. The summed E-state index contributed by atoms with van der Waals surface area (Å²) in [4.78, 5) is 16.9. The molecule has 0 bridgehead atoms. The second-order valence-electron chi connectivity index (χ2n) is 6.27. The largest absolute Gasteiger partial charge is 0.387 e. The average Bonchev–Trinajstić information content (AvgIpc) is 3.08. The van der Waals surface area contributed by atoms with Crippen molar-refractivity contribution in [2.75, 3.05) is 25.4 Å². The van der Waals surface area contributed by atoms with Crippen LogP contribution in [0.2, 0.25) is 0 Å². The Bertz CT molecular complexity index is 703. The molecule has 1 aliphatic rings. The summed E-state index contributed by atoms with van der Waals surface area (Å²) in [5.41, 5.74) is 0.987. The molecule has 1 amide bonds. The summed E-state index contributed by atoms with van der Waals surface area (Å²) in [6.45, 7) is 1.54. The lowest BCUT2D eigenvalue weighted by Crippen LogP contribution is -2.44. The van der Waals surface area contributed by atoms with E-state index in [0.717, 1.165) is 23.7 Å². The molecule has 1 aromatic carbocycles. The molecule has 2 aromatic rings. The third-order valence-corrected chi connectivity index (χ3v) is 5.29. The van der Waals surface area contributed by atoms with Crippen LogP contribution in [0.25, 0.3) is 0 Å². The van der Waals surface area contributed by atoms with Gasteiger partial charge in [-0.1, -0.05) is 30.3 Å². The minimum atomic E-state index is -0.849. The van der Waals surface area contributed by atoms with Crippen molar-refractivity contribution in [1.29, 1.82) is 0 Å². The van der Waals surface area contributed by atoms with Gasteiger partial charge in [0.2, 0.25) is 0 Å². The Hall–Kier alpha value is -1.89. The van der Waals surface area contributed by atoms with Gasteiger partial charge in [-0.2, -0.15) is 0 Å². The average molecular weight is 357 g/mol. The lowest BCUT2D eigenvalue weighted by molar-refractivity contribution is 0.0560. The molecule has 5 nitrogen and oxygen atoms in total. The number of hydrogen-bond donors (Lipinski definition) is 3. The zero-order chi connectivity index (χ0) is 17.5. The van der Waals surface area contributed by atoms with Crippen LogP contribution in [0.1, 0.15) is 22.3 Å². The highest BCUT2D eigenvalue weighted by atomic mass is 32.2. The van der Waals surface area contributed by atoms with Gasteiger partial charge in [-0.3, -0.25) is 4.79 Å². The van der Waals surface area contributed by atoms with Gasteiger partial charge in [-0.15, -0.1) is 11.8 Å². The molecule has 0 aliphatic carbocycles. The van der Waals surface area contributed by atoms with Crippen molar-refractivity contribution in [2.45, 2.75) is 23.5 Å². The van der Waals surface area contributed by atoms with E-state index < -0.39 is 5.60 Å². The van der Waals surface area contributed by atoms with E-state index in [-0.39, 0.29) is 12.5 Å². The van der Waals surface area contributed by atoms with Crippen LogP contribution in [-0.4, -0.2) is 47.0 Å². The van der Waals surface area contributed by atoms with Crippen molar-refractivity contribution >= 4 is 17.7 Å². The van der Waals surface area contributed by atoms with E-state index in [4.69, 9.17) is 0 Å². The SMILES string of the molecule is O=C(NCC1(O)CCNC1)c1cccnc1SCCc1ccccc1. The molecule has 0 saturated carbocycles. The van der Waals surface area contributed by atoms with Crippen LogP contribution < -0.4 is 10.6 Å². The maximum absolute atomic E-state index is 12.5. The molecule has 132 valence electrons. The van der Waals surface area contributed by atoms with Crippen molar-refractivity contribution in [3.8, 4) is 0 Å². The first kappa shape index (κ1) is 17.9. The van der Waals surface area contributed by atoms with Gasteiger partial charge in [0.1, 0.15) is 5.03 Å². The third-order valence-electron chi connectivity index (χ3n) is 4.29. The predicted molar refractivity (Wildman–Crippen MR) is 99.9 cm³/mol. The molecule has 1 aromatic heterocycles. The molecule has 3 rings (SSSR count). The number of β-amino-alcohol motifs (C(OH)–C–C–N with tert-alkyl or cyclic N) is 1. The second-order valence-corrected chi connectivity index (χ2v) is 7.36. The fourth-order valence-corrected chi connectivity index (χ4v) is 3.79. The highest BCUT2D eigenvalue weighted by Crippen LogP contribution is 2.21. The Morgan fingerprint density at radius 3 is 2.88 bits per heavy atom. The van der Waals surface area contributed by atoms with Gasteiger partial charge in [0, 0.05) is 25.0 Å². The number of nitrogens with zero attached hydrogens (tertiary/aromatic N) is 1. The Balaban J connectivity index is 1.57. The highest BCUT2D eigenvalue weighted by molar-refractivity contribution is 7.99. The van der Waals surface area contributed by atoms with Crippen molar-refractivity contribution in [3.05, 3.63) is 59.8 Å². The highest BCUT2D eigenvalue weighted by Gasteiger charge is 2.31. The molecule has 2 heterocycles. The van der Waals surface area contributed by atoms with Crippen LogP contribution in [0.15, 0.2) is 53.7 Å². The van der Waals surface area contributed by atoms with Gasteiger partial charge >= 0.3 is 0 Å². The normalized spacial score (nSPS) is 19.7. The van der Waals surface area contributed by atoms with E-state index in [9.17, 15) is 9.90 Å². The number of aliphatic hydroxyl groups is 1. The Morgan fingerprint density at radius 1 is 1.28 bits per heavy atom. The molecule has 1 fully saturated rings. The fourth-order valence-electron chi connectivity index (χ4n) is 2.81. The Kier molecular flexibility index (Phi) is 6.07. The van der Waals surface area contributed by atoms with E-state index in [2.05, 4.69) is 27.8 Å². The predicted octanol–water partition coefficient (Wildman–Crippen LogP) is 1.87. The first-order valence-electron chi connectivity index (χ1n) is 8.49. The minimum Gasteiger partial charge on any atom is -0.387 e. The van der Waals surface area contributed by atoms with E-state index >= 15 is 0 Å². The van der Waals surface area contributed by atoms with Crippen LogP contribution in [-0.2, 0) is 6.42 Å². The maximum atomic E-state index is 12.5. The molecule has 1 aliphatic heterocycles. The number of benzene rings is 1. The number of nitrogens with one attached hydrogen (secondary N) is 2. The Morgan fingerprint density at radius 2 is 2.12 bits per heavy atom. The van der Waals surface area contributed by atoms with Crippen LogP contribution in [0.4, 0.5) is 0 Å². The molecular formula is C19H23N3O2S. The zero-order valence-corrected chi connectivity index (χ0v) is 14.9. The summed E-state index contributed by atoms with van der Waals surface area (Å²) in [5, 5.41) is 17.0. The first-order chi connectivity index (χ1) is 12.2. The number of carbonyl (C=O) groups is 1. The van der Waals surface area contributed by atoms with Crippen molar-refractivity contribution in [1.82, 2.24) is 15.6 Å². The summed E-state index contributed by atoms with van der Waals surface area (Å²) in [6, 6.07) is 13.8. The third kappa shape index (κ3) is 5.04. The fraction of sp³-hybridized carbons (Fsp3) is 0.368. The van der Waals surface area contributed by atoms with E-state index in [1.807, 2.05) is 18.2 Å². The number of aromatic nitrogens is 1. The van der Waals surface area contributed by atoms with Gasteiger partial charge in [-0.05, 0) is 37.1 Å². The van der Waals surface area contributed by atoms with Crippen molar-refractivity contribution in [2.24, 2.45) is 0 Å². The van der Waals surface area contributed by atoms with Gasteiger partial charge in [0.25, 0.3) is 5.91 Å². The molecule has 6 heteroatoms. The van der Waals surface area contributed by atoms with Gasteiger partial charge in [0.15, 0.2) is 0 Å². The summed E-state index contributed by atoms with van der Waals surface area (Å²) >= 11 is 1.58. The van der Waals surface area contributed by atoms with Crippen LogP contribution in [0.5, 0.6) is 0 Å². The molecular weight excluding hydrogens is 334 g/mol. The van der Waals surface area contributed by atoms with Crippen LogP contribution in [0, 0.1) is 0 Å². The standard InChI is InChI=1S/C19H23N3O2S/c23-17(22-14-19(24)9-11-20-13-19)16-7-4-10-21-18(16)25-12-8-15-5-2-1-3-6-15/h1-7,10,20,24H,8-9,11-14H2,(H,22,23). The molecule has 0 radical (unpaired) electrons. The summed E-state index contributed by atoms with van der Waals surface area (Å²) in [7, 11) is 0. The van der Waals surface area contributed by atoms with Gasteiger partial charge < -0.3 is 15.7 Å². The molecule has 25 heavy (non-hydrogen) atoms. The summed E-state index contributed by atoms with van der Waals surface area (Å²) in [6.07, 6.45) is 3.28. The summed E-state index contributed by atoms with van der Waals surface area (Å²) < 4.78 is 0. The van der Waals surface area contributed by atoms with E-state index in [1.165, 1.54) is 5.56 Å². The number of aryl methyl sites for hydroxylation is 1. The van der Waals surface area contributed by atoms with Crippen LogP contribution >= 0.6 is 11.8 Å². The quantitative estimate of drug-likeness (QED) is 0.660. The molecule has 1 atom stereocenters. The number of rotatable bonds is 7. The minimum absolute atomic E-state index is 0.185. The smallest absolute Gasteiger partial charge is 0.254 e. The maximum Gasteiger partial charge on any atom is 0.254 e. The van der Waals surface area contributed by atoms with Crippen LogP contribution in [0.3, 0.4) is 0 Å². The number of pyridine rings is 1. The monoisotopic (exact) mass is 357 g/mol. The summed E-state index contributed by atoms with van der Waals surface area (Å²) in [5.74, 6) is 0.672. The first-order valence-corrected chi connectivity index (χ1v) is 9.48.